The molecule has 4 rings (SSSR count). The van der Waals surface area contributed by atoms with Gasteiger partial charge in [0.2, 0.25) is 11.8 Å². The van der Waals surface area contributed by atoms with Gasteiger partial charge in [0.05, 0.1) is 12.4 Å². The lowest BCUT2D eigenvalue weighted by atomic mass is 10.1. The summed E-state index contributed by atoms with van der Waals surface area (Å²) < 4.78 is 0. The van der Waals surface area contributed by atoms with Crippen LogP contribution in [0.5, 0.6) is 0 Å². The topological polar surface area (TPSA) is 82.9 Å². The molecule has 6 nitrogen and oxygen atoms in total. The highest BCUT2D eigenvalue weighted by atomic mass is 16.2. The van der Waals surface area contributed by atoms with Gasteiger partial charge in [0.1, 0.15) is 0 Å². The Morgan fingerprint density at radius 1 is 0.667 bits per heavy atom. The third kappa shape index (κ3) is 6.11. The number of fused-ring (bicyclic) bond motifs is 2. The summed E-state index contributed by atoms with van der Waals surface area (Å²) in [6, 6.07) is 27.9. The zero-order valence-electron chi connectivity index (χ0n) is 18.1. The lowest BCUT2D eigenvalue weighted by molar-refractivity contribution is -0.122. The van der Waals surface area contributed by atoms with E-state index in [1.807, 2.05) is 84.9 Å². The highest BCUT2D eigenvalue weighted by molar-refractivity contribution is 6.00. The highest BCUT2D eigenvalue weighted by Gasteiger charge is 2.04. The summed E-state index contributed by atoms with van der Waals surface area (Å²) in [5.41, 5.74) is 6.85. The fraction of sp³-hybridized carbons (Fsp3) is 0.111. The van der Waals surface area contributed by atoms with Crippen LogP contribution in [0.25, 0.3) is 21.5 Å². The molecule has 2 amide bonds. The first kappa shape index (κ1) is 21.9. The molecule has 0 spiro atoms. The van der Waals surface area contributed by atoms with Crippen LogP contribution in [0.4, 0.5) is 0 Å². The van der Waals surface area contributed by atoms with E-state index in [0.717, 1.165) is 32.7 Å². The van der Waals surface area contributed by atoms with Gasteiger partial charge in [0.25, 0.3) is 0 Å². The molecular formula is C27H24N4O2. The molecule has 4 aromatic rings. The zero-order valence-corrected chi connectivity index (χ0v) is 18.1. The van der Waals surface area contributed by atoms with Crippen LogP contribution in [0.15, 0.2) is 95.1 Å². The molecule has 4 aromatic carbocycles. The largest absolute Gasteiger partial charge is 0.273 e. The molecule has 0 aliphatic rings. The number of rotatable bonds is 8. The van der Waals surface area contributed by atoms with Crippen LogP contribution in [0.1, 0.15) is 30.4 Å². The molecule has 0 aromatic heterocycles. The number of amides is 2. The second kappa shape index (κ2) is 10.8. The number of hydrazone groups is 2. The van der Waals surface area contributed by atoms with E-state index in [0.29, 0.717) is 6.42 Å². The van der Waals surface area contributed by atoms with Crippen molar-refractivity contribution in [3.63, 3.8) is 0 Å². The fourth-order valence-corrected chi connectivity index (χ4v) is 3.53. The molecular weight excluding hydrogens is 412 g/mol. The van der Waals surface area contributed by atoms with E-state index in [1.165, 1.54) is 0 Å². The third-order valence-corrected chi connectivity index (χ3v) is 5.20. The molecule has 2 N–H and O–H groups in total. The Hall–Kier alpha value is -4.32. The summed E-state index contributed by atoms with van der Waals surface area (Å²) in [4.78, 5) is 24.0. The van der Waals surface area contributed by atoms with Crippen LogP contribution in [-0.2, 0) is 9.59 Å². The average Bonchev–Trinajstić information content (AvgIpc) is 2.84. The number of hydrogen-bond acceptors (Lipinski definition) is 4. The van der Waals surface area contributed by atoms with Gasteiger partial charge in [-0.05, 0) is 39.6 Å². The van der Waals surface area contributed by atoms with Crippen molar-refractivity contribution in [2.75, 3.05) is 0 Å². The predicted octanol–water partition coefficient (Wildman–Crippen LogP) is 4.76. The Morgan fingerprint density at radius 3 is 2.09 bits per heavy atom. The van der Waals surface area contributed by atoms with Crippen LogP contribution >= 0.6 is 0 Å². The van der Waals surface area contributed by atoms with Gasteiger partial charge < -0.3 is 0 Å². The van der Waals surface area contributed by atoms with Crippen molar-refractivity contribution in [2.45, 2.75) is 19.3 Å². The van der Waals surface area contributed by atoms with Crippen molar-refractivity contribution in [1.29, 1.82) is 0 Å². The standard InChI is InChI=1S/C27H24N4O2/c32-26(30-28-18-20-15-16-21-7-1-2-9-23(21)17-20)13-6-14-27(33)31-29-19-24-11-5-10-22-8-3-4-12-25(22)24/h1-5,7-12,15-19H,6,13-14H2,(H,30,32)(H,31,33)/b28-18+,29-19+. The average molecular weight is 437 g/mol. The summed E-state index contributed by atoms with van der Waals surface area (Å²) in [6.45, 7) is 0. The van der Waals surface area contributed by atoms with Crippen molar-refractivity contribution >= 4 is 45.8 Å². The SMILES string of the molecule is O=C(CCCC(=O)N/N=C/c1cccc2ccccc12)N/N=C/c1ccc2ccccc2c1. The van der Waals surface area contributed by atoms with Gasteiger partial charge in [-0.3, -0.25) is 9.59 Å². The first-order chi connectivity index (χ1) is 16.2. The molecule has 164 valence electrons. The maximum absolute atomic E-state index is 12.0. The summed E-state index contributed by atoms with van der Waals surface area (Å²) >= 11 is 0. The van der Waals surface area contributed by atoms with E-state index in [2.05, 4.69) is 21.1 Å². The maximum Gasteiger partial charge on any atom is 0.240 e. The molecule has 0 saturated carbocycles. The van der Waals surface area contributed by atoms with Crippen LogP contribution in [0, 0.1) is 0 Å². The van der Waals surface area contributed by atoms with Gasteiger partial charge in [-0.15, -0.1) is 0 Å². The number of benzene rings is 4. The minimum Gasteiger partial charge on any atom is -0.273 e. The van der Waals surface area contributed by atoms with Gasteiger partial charge in [0, 0.05) is 18.4 Å². The molecule has 0 bridgehead atoms. The smallest absolute Gasteiger partial charge is 0.240 e. The quantitative estimate of drug-likeness (QED) is 0.308. The Bertz CT molecular complexity index is 1340. The molecule has 0 atom stereocenters. The van der Waals surface area contributed by atoms with E-state index < -0.39 is 0 Å². The van der Waals surface area contributed by atoms with E-state index >= 15 is 0 Å². The van der Waals surface area contributed by atoms with Crippen molar-refractivity contribution in [2.24, 2.45) is 10.2 Å². The monoisotopic (exact) mass is 436 g/mol. The number of nitrogens with one attached hydrogen (secondary N) is 2. The molecule has 0 unspecified atom stereocenters. The first-order valence-corrected chi connectivity index (χ1v) is 10.8. The van der Waals surface area contributed by atoms with E-state index in [4.69, 9.17) is 0 Å². The Labute approximate surface area is 192 Å². The third-order valence-electron chi connectivity index (χ3n) is 5.20. The van der Waals surface area contributed by atoms with Crippen LogP contribution in [0.2, 0.25) is 0 Å². The number of nitrogens with zero attached hydrogens (tertiary/aromatic N) is 2. The molecule has 0 radical (unpaired) electrons. The van der Waals surface area contributed by atoms with Gasteiger partial charge in [-0.1, -0.05) is 78.9 Å². The Morgan fingerprint density at radius 2 is 1.30 bits per heavy atom. The minimum absolute atomic E-state index is 0.203. The second-order valence-electron chi connectivity index (χ2n) is 7.61. The van der Waals surface area contributed by atoms with Crippen LogP contribution in [0.3, 0.4) is 0 Å². The molecule has 0 heterocycles. The zero-order chi connectivity index (χ0) is 22.9. The highest BCUT2D eigenvalue weighted by Crippen LogP contribution is 2.17. The van der Waals surface area contributed by atoms with Gasteiger partial charge >= 0.3 is 0 Å². The summed E-state index contributed by atoms with van der Waals surface area (Å²) in [7, 11) is 0. The Balaban J connectivity index is 1.18. The van der Waals surface area contributed by atoms with E-state index in [1.54, 1.807) is 12.4 Å². The summed E-state index contributed by atoms with van der Waals surface area (Å²) in [5, 5.41) is 12.5. The van der Waals surface area contributed by atoms with Gasteiger partial charge in [-0.2, -0.15) is 10.2 Å². The van der Waals surface area contributed by atoms with Crippen molar-refractivity contribution in [3.8, 4) is 0 Å². The van der Waals surface area contributed by atoms with Crippen LogP contribution < -0.4 is 10.9 Å². The van der Waals surface area contributed by atoms with Crippen molar-refractivity contribution < 1.29 is 9.59 Å². The molecule has 0 fully saturated rings. The minimum atomic E-state index is -0.237. The predicted molar refractivity (Wildman–Crippen MR) is 133 cm³/mol. The second-order valence-corrected chi connectivity index (χ2v) is 7.61. The molecule has 6 heteroatoms. The van der Waals surface area contributed by atoms with Crippen molar-refractivity contribution in [1.82, 2.24) is 10.9 Å². The van der Waals surface area contributed by atoms with E-state index in [-0.39, 0.29) is 24.7 Å². The van der Waals surface area contributed by atoms with E-state index in [9.17, 15) is 9.59 Å². The maximum atomic E-state index is 12.0. The number of carbonyl (C=O) groups excluding carboxylic acids is 2. The van der Waals surface area contributed by atoms with Gasteiger partial charge in [0.15, 0.2) is 0 Å². The Kier molecular flexibility index (Phi) is 7.18. The van der Waals surface area contributed by atoms with Crippen LogP contribution in [-0.4, -0.2) is 24.2 Å². The molecule has 0 aliphatic carbocycles. The summed E-state index contributed by atoms with van der Waals surface area (Å²) in [6.07, 6.45) is 4.06. The summed E-state index contributed by atoms with van der Waals surface area (Å²) in [5.74, 6) is -0.474. The lowest BCUT2D eigenvalue weighted by Gasteiger charge is -2.02. The molecule has 0 aliphatic heterocycles. The normalized spacial score (nSPS) is 11.4. The molecule has 0 saturated heterocycles. The van der Waals surface area contributed by atoms with Gasteiger partial charge in [-0.25, -0.2) is 10.9 Å². The lowest BCUT2D eigenvalue weighted by Crippen LogP contribution is -2.20. The number of carbonyl (C=O) groups is 2. The first-order valence-electron chi connectivity index (χ1n) is 10.8. The van der Waals surface area contributed by atoms with Crippen molar-refractivity contribution in [3.05, 3.63) is 96.1 Å². The number of hydrogen-bond donors (Lipinski definition) is 2. The fourth-order valence-electron chi connectivity index (χ4n) is 3.53. The molecule has 33 heavy (non-hydrogen) atoms.